The number of aryl methyl sites for hydroxylation is 2. The minimum absolute atomic E-state index is 0.375. The summed E-state index contributed by atoms with van der Waals surface area (Å²) < 4.78 is 6.30. The number of hydrogen-bond acceptors (Lipinski definition) is 6. The normalized spacial score (nSPS) is 12.2. The van der Waals surface area contributed by atoms with Gasteiger partial charge in [0.1, 0.15) is 11.5 Å². The van der Waals surface area contributed by atoms with Gasteiger partial charge in [0.25, 0.3) is 6.47 Å². The number of ether oxygens (including phenoxy) is 1. The molecule has 2 aromatic heterocycles. The molecule has 0 amide bonds. The maximum atomic E-state index is 11.3. The number of aldehydes is 1. The molecule has 0 unspecified atom stereocenters. The fourth-order valence-electron chi connectivity index (χ4n) is 5.10. The van der Waals surface area contributed by atoms with Gasteiger partial charge in [0.15, 0.2) is 6.29 Å². The molecule has 7 heteroatoms. The van der Waals surface area contributed by atoms with Gasteiger partial charge in [-0.05, 0) is 88.4 Å². The van der Waals surface area contributed by atoms with Gasteiger partial charge in [-0.2, -0.15) is 0 Å². The first-order chi connectivity index (χ1) is 18.9. The SMILES string of the molecule is CC(C)(C)O.CCc1c(C)c2c3c(cc(C)n3CCN2c2cccc(C=O)n2)c1-c1ccc(C)cc1.COC=O. The van der Waals surface area contributed by atoms with Gasteiger partial charge in [-0.25, -0.2) is 4.98 Å². The average molecular weight is 544 g/mol. The first kappa shape index (κ1) is 30.6. The largest absolute Gasteiger partial charge is 0.471 e. The fourth-order valence-corrected chi connectivity index (χ4v) is 5.10. The van der Waals surface area contributed by atoms with Crippen molar-refractivity contribution >= 4 is 35.2 Å². The quantitative estimate of drug-likeness (QED) is 0.281. The van der Waals surface area contributed by atoms with Gasteiger partial charge in [0.2, 0.25) is 0 Å². The Hall–Kier alpha value is -3.97. The van der Waals surface area contributed by atoms with E-state index in [-0.39, 0.29) is 0 Å². The average Bonchev–Trinajstić information content (AvgIpc) is 3.26. The Kier molecular flexibility index (Phi) is 9.88. The van der Waals surface area contributed by atoms with Crippen LogP contribution in [0.25, 0.3) is 22.0 Å². The summed E-state index contributed by atoms with van der Waals surface area (Å²) in [5.74, 6) is 0.837. The minimum atomic E-state index is -0.500. The number of carbonyl (C=O) groups excluding carboxylic acids is 2. The first-order valence-electron chi connectivity index (χ1n) is 13.6. The van der Waals surface area contributed by atoms with Crippen LogP contribution in [0.3, 0.4) is 0 Å². The lowest BCUT2D eigenvalue weighted by Crippen LogP contribution is -2.29. The Bertz CT molecular complexity index is 1470. The highest BCUT2D eigenvalue weighted by Gasteiger charge is 2.28. The van der Waals surface area contributed by atoms with Crippen LogP contribution in [-0.2, 0) is 22.5 Å². The van der Waals surface area contributed by atoms with Crippen LogP contribution in [0.15, 0.2) is 48.5 Å². The highest BCUT2D eigenvalue weighted by molar-refractivity contribution is 6.07. The third-order valence-electron chi connectivity index (χ3n) is 6.67. The number of benzene rings is 2. The molecule has 4 aromatic rings. The molecule has 0 fully saturated rings. The van der Waals surface area contributed by atoms with Crippen LogP contribution in [0.4, 0.5) is 11.5 Å². The summed E-state index contributed by atoms with van der Waals surface area (Å²) >= 11 is 0. The van der Waals surface area contributed by atoms with Crippen LogP contribution < -0.4 is 4.90 Å². The second-order valence-corrected chi connectivity index (χ2v) is 10.9. The van der Waals surface area contributed by atoms with Gasteiger partial charge in [0, 0.05) is 24.2 Å². The van der Waals surface area contributed by atoms with Crippen LogP contribution >= 0.6 is 0 Å². The monoisotopic (exact) mass is 543 g/mol. The lowest BCUT2D eigenvalue weighted by Gasteiger charge is -2.33. The molecule has 3 heterocycles. The minimum Gasteiger partial charge on any atom is -0.471 e. The van der Waals surface area contributed by atoms with Crippen molar-refractivity contribution in [3.05, 3.63) is 76.6 Å². The maximum Gasteiger partial charge on any atom is 0.292 e. The lowest BCUT2D eigenvalue weighted by atomic mass is 9.88. The van der Waals surface area contributed by atoms with Gasteiger partial charge < -0.3 is 19.3 Å². The van der Waals surface area contributed by atoms with E-state index in [1.807, 2.05) is 12.1 Å². The third kappa shape index (κ3) is 6.77. The van der Waals surface area contributed by atoms with Crippen LogP contribution in [0.2, 0.25) is 0 Å². The standard InChI is InChI=1S/C27H27N3O.C4H10O.C2H4O2/c1-5-22-19(4)26-27-23(25(22)20-11-9-17(2)10-12-20)15-18(3)29(27)13-14-30(26)24-8-6-7-21(16-31)28-24;1-4(2,3)5;1-4-2-3/h6-12,15-16H,5,13-14H2,1-4H3;5H,1-3H3;2H,1H3. The molecule has 1 aliphatic heterocycles. The van der Waals surface area contributed by atoms with Gasteiger partial charge in [-0.3, -0.25) is 9.59 Å². The van der Waals surface area contributed by atoms with Gasteiger partial charge in [-0.1, -0.05) is 42.8 Å². The summed E-state index contributed by atoms with van der Waals surface area (Å²) in [7, 11) is 1.31. The second kappa shape index (κ2) is 12.9. The molecule has 0 aliphatic carbocycles. The fraction of sp³-hybridized carbons (Fsp3) is 0.364. The van der Waals surface area contributed by atoms with E-state index in [1.54, 1.807) is 26.8 Å². The molecule has 5 rings (SSSR count). The first-order valence-corrected chi connectivity index (χ1v) is 13.6. The number of pyridine rings is 1. The number of aliphatic hydroxyl groups is 1. The van der Waals surface area contributed by atoms with Crippen molar-refractivity contribution in [1.29, 1.82) is 0 Å². The predicted molar refractivity (Wildman–Crippen MR) is 163 cm³/mol. The van der Waals surface area contributed by atoms with Crippen molar-refractivity contribution in [1.82, 2.24) is 9.55 Å². The molecule has 0 radical (unpaired) electrons. The molecule has 7 nitrogen and oxygen atoms in total. The van der Waals surface area contributed by atoms with Crippen LogP contribution in [0.1, 0.15) is 60.6 Å². The molecule has 1 N–H and O–H groups in total. The van der Waals surface area contributed by atoms with Crippen molar-refractivity contribution < 1.29 is 19.4 Å². The number of methoxy groups -OCH3 is 1. The van der Waals surface area contributed by atoms with E-state index in [4.69, 9.17) is 9.90 Å². The predicted octanol–water partition coefficient (Wildman–Crippen LogP) is 6.72. The van der Waals surface area contributed by atoms with Crippen molar-refractivity contribution in [2.24, 2.45) is 0 Å². The molecular weight excluding hydrogens is 502 g/mol. The molecule has 0 saturated carbocycles. The summed E-state index contributed by atoms with van der Waals surface area (Å²) in [6.07, 6.45) is 1.78. The summed E-state index contributed by atoms with van der Waals surface area (Å²) in [5.41, 5.74) is 10.3. The van der Waals surface area contributed by atoms with Crippen LogP contribution in [-0.4, -0.2) is 46.7 Å². The smallest absolute Gasteiger partial charge is 0.292 e. The number of rotatable bonds is 5. The topological polar surface area (TPSA) is 84.7 Å². The third-order valence-corrected chi connectivity index (χ3v) is 6.67. The molecule has 212 valence electrons. The van der Waals surface area contributed by atoms with E-state index >= 15 is 0 Å². The number of aromatic nitrogens is 2. The Morgan fingerprint density at radius 2 is 1.65 bits per heavy atom. The summed E-state index contributed by atoms with van der Waals surface area (Å²) in [4.78, 5) is 27.2. The van der Waals surface area contributed by atoms with Gasteiger partial charge in [-0.15, -0.1) is 0 Å². The van der Waals surface area contributed by atoms with Crippen molar-refractivity contribution in [2.45, 2.75) is 67.0 Å². The summed E-state index contributed by atoms with van der Waals surface area (Å²) in [6.45, 7) is 16.1. The Morgan fingerprint density at radius 3 is 2.20 bits per heavy atom. The molecule has 0 saturated heterocycles. The Balaban J connectivity index is 0.000000429. The summed E-state index contributed by atoms with van der Waals surface area (Å²) in [5, 5.41) is 9.82. The number of anilines is 2. The van der Waals surface area contributed by atoms with E-state index in [1.165, 1.54) is 57.2 Å². The van der Waals surface area contributed by atoms with Gasteiger partial charge in [0.05, 0.1) is 23.9 Å². The van der Waals surface area contributed by atoms with Crippen molar-refractivity contribution in [3.8, 4) is 11.1 Å². The van der Waals surface area contributed by atoms with E-state index in [9.17, 15) is 4.79 Å². The van der Waals surface area contributed by atoms with Crippen LogP contribution in [0.5, 0.6) is 0 Å². The zero-order chi connectivity index (χ0) is 29.6. The van der Waals surface area contributed by atoms with Crippen LogP contribution in [0, 0.1) is 20.8 Å². The zero-order valence-electron chi connectivity index (χ0n) is 24.9. The lowest BCUT2D eigenvalue weighted by molar-refractivity contribution is -0.126. The number of nitrogens with zero attached hydrogens (tertiary/aromatic N) is 3. The maximum absolute atomic E-state index is 11.3. The van der Waals surface area contributed by atoms with E-state index in [0.717, 1.165) is 31.6 Å². The van der Waals surface area contributed by atoms with E-state index in [0.29, 0.717) is 12.2 Å². The summed E-state index contributed by atoms with van der Waals surface area (Å²) in [6, 6.07) is 16.9. The highest BCUT2D eigenvalue weighted by Crippen LogP contribution is 2.46. The molecule has 0 spiro atoms. The van der Waals surface area contributed by atoms with Gasteiger partial charge >= 0.3 is 0 Å². The molecular formula is C33H41N3O4. The Morgan fingerprint density at radius 1 is 1.02 bits per heavy atom. The second-order valence-electron chi connectivity index (χ2n) is 10.9. The van der Waals surface area contributed by atoms with Crippen molar-refractivity contribution in [2.75, 3.05) is 18.6 Å². The number of hydrogen-bond donors (Lipinski definition) is 1. The van der Waals surface area contributed by atoms with E-state index < -0.39 is 5.60 Å². The highest BCUT2D eigenvalue weighted by atomic mass is 16.5. The molecule has 2 aromatic carbocycles. The van der Waals surface area contributed by atoms with Crippen molar-refractivity contribution in [3.63, 3.8) is 0 Å². The number of carbonyl (C=O) groups is 2. The zero-order valence-corrected chi connectivity index (χ0v) is 24.9. The molecule has 40 heavy (non-hydrogen) atoms. The molecule has 0 bridgehead atoms. The molecule has 1 aliphatic rings. The Labute approximate surface area is 237 Å². The van der Waals surface area contributed by atoms with E-state index in [2.05, 4.69) is 77.2 Å². The molecule has 0 atom stereocenters.